The molecule has 1 N–H and O–H groups in total. The number of rotatable bonds is 3. The molecule has 1 fully saturated rings. The number of hydrogen-bond donors (Lipinski definition) is 1. The SMILES string of the molecule is CC(C)n1ncnc1-c1nc2c(s1)CCOc1cc(C3CNC3)ccc1-2.Cl. The van der Waals surface area contributed by atoms with E-state index in [0.29, 0.717) is 12.5 Å². The van der Waals surface area contributed by atoms with Gasteiger partial charge in [0.05, 0.1) is 12.3 Å². The van der Waals surface area contributed by atoms with Crippen molar-refractivity contribution in [3.63, 3.8) is 0 Å². The van der Waals surface area contributed by atoms with Gasteiger partial charge in [-0.3, -0.25) is 0 Å². The maximum Gasteiger partial charge on any atom is 0.187 e. The fourth-order valence-electron chi connectivity index (χ4n) is 3.49. The lowest BCUT2D eigenvalue weighted by atomic mass is 9.92. The minimum absolute atomic E-state index is 0. The second-order valence-corrected chi connectivity index (χ2v) is 8.21. The number of nitrogens with one attached hydrogen (secondary N) is 1. The third kappa shape index (κ3) is 3.13. The molecule has 2 aliphatic rings. The van der Waals surface area contributed by atoms with Gasteiger partial charge in [-0.15, -0.1) is 23.7 Å². The number of benzene rings is 1. The van der Waals surface area contributed by atoms with Crippen LogP contribution >= 0.6 is 23.7 Å². The molecule has 8 heteroatoms. The van der Waals surface area contributed by atoms with Crippen LogP contribution in [0.5, 0.6) is 5.75 Å². The molecule has 5 rings (SSSR count). The van der Waals surface area contributed by atoms with Gasteiger partial charge in [0, 0.05) is 41.9 Å². The van der Waals surface area contributed by atoms with Gasteiger partial charge in [-0.1, -0.05) is 6.07 Å². The van der Waals surface area contributed by atoms with Gasteiger partial charge in [-0.05, 0) is 31.5 Å². The average molecular weight is 404 g/mol. The number of halogens is 1. The van der Waals surface area contributed by atoms with Gasteiger partial charge in [0.25, 0.3) is 0 Å². The van der Waals surface area contributed by atoms with Gasteiger partial charge in [0.15, 0.2) is 10.8 Å². The van der Waals surface area contributed by atoms with Gasteiger partial charge >= 0.3 is 0 Å². The fourth-order valence-corrected chi connectivity index (χ4v) is 4.54. The Hall–Kier alpha value is -1.96. The van der Waals surface area contributed by atoms with E-state index in [9.17, 15) is 0 Å². The standard InChI is InChI=1S/C19H21N5OS.ClH/c1-11(2)24-18(21-10-22-24)19-23-17-14-4-3-12(13-8-20-9-13)7-15(14)25-6-5-16(17)26-19;/h3-4,7,10-11,13,20H,5-6,8-9H2,1-2H3;1H. The molecule has 0 radical (unpaired) electrons. The number of thiazole rings is 1. The molecular formula is C19H22ClN5OS. The van der Waals surface area contributed by atoms with Crippen molar-refractivity contribution >= 4 is 23.7 Å². The van der Waals surface area contributed by atoms with Crippen LogP contribution in [-0.4, -0.2) is 39.4 Å². The zero-order chi connectivity index (χ0) is 17.7. The highest BCUT2D eigenvalue weighted by molar-refractivity contribution is 7.15. The molecule has 4 heterocycles. The van der Waals surface area contributed by atoms with Crippen molar-refractivity contribution < 1.29 is 4.74 Å². The Bertz CT molecular complexity index is 963. The van der Waals surface area contributed by atoms with Crippen LogP contribution in [0.1, 0.15) is 36.2 Å². The Labute approximate surface area is 168 Å². The lowest BCUT2D eigenvalue weighted by Gasteiger charge is -2.28. The van der Waals surface area contributed by atoms with Crippen LogP contribution < -0.4 is 10.1 Å². The van der Waals surface area contributed by atoms with Crippen LogP contribution in [0.2, 0.25) is 0 Å². The molecule has 2 aromatic heterocycles. The van der Waals surface area contributed by atoms with Crippen molar-refractivity contribution in [2.75, 3.05) is 19.7 Å². The van der Waals surface area contributed by atoms with Crippen LogP contribution in [-0.2, 0) is 6.42 Å². The van der Waals surface area contributed by atoms with Gasteiger partial charge in [0.1, 0.15) is 12.1 Å². The summed E-state index contributed by atoms with van der Waals surface area (Å²) >= 11 is 1.70. The third-order valence-corrected chi connectivity index (χ3v) is 6.16. The van der Waals surface area contributed by atoms with Gasteiger partial charge in [0.2, 0.25) is 0 Å². The van der Waals surface area contributed by atoms with Gasteiger partial charge < -0.3 is 10.1 Å². The van der Waals surface area contributed by atoms with Crippen LogP contribution in [0, 0.1) is 0 Å². The lowest BCUT2D eigenvalue weighted by Crippen LogP contribution is -2.39. The first-order chi connectivity index (χ1) is 12.7. The van der Waals surface area contributed by atoms with Crippen LogP contribution in [0.4, 0.5) is 0 Å². The molecule has 1 aromatic carbocycles. The Balaban J connectivity index is 0.00000180. The zero-order valence-electron chi connectivity index (χ0n) is 15.3. The molecular weight excluding hydrogens is 382 g/mol. The molecule has 6 nitrogen and oxygen atoms in total. The summed E-state index contributed by atoms with van der Waals surface area (Å²) in [5.74, 6) is 2.40. The Morgan fingerprint density at radius 2 is 2.15 bits per heavy atom. The molecule has 27 heavy (non-hydrogen) atoms. The van der Waals surface area contributed by atoms with E-state index >= 15 is 0 Å². The van der Waals surface area contributed by atoms with E-state index in [2.05, 4.69) is 47.4 Å². The molecule has 0 spiro atoms. The quantitative estimate of drug-likeness (QED) is 0.722. The van der Waals surface area contributed by atoms with Gasteiger partial charge in [-0.2, -0.15) is 5.10 Å². The first-order valence-corrected chi connectivity index (χ1v) is 9.90. The Morgan fingerprint density at radius 3 is 2.89 bits per heavy atom. The third-order valence-electron chi connectivity index (χ3n) is 5.05. The highest BCUT2D eigenvalue weighted by Gasteiger charge is 2.25. The molecule has 142 valence electrons. The monoisotopic (exact) mass is 403 g/mol. The number of fused-ring (bicyclic) bond motifs is 3. The molecule has 2 aliphatic heterocycles. The summed E-state index contributed by atoms with van der Waals surface area (Å²) in [7, 11) is 0. The summed E-state index contributed by atoms with van der Waals surface area (Å²) in [6.07, 6.45) is 2.48. The largest absolute Gasteiger partial charge is 0.492 e. The first kappa shape index (κ1) is 18.4. The van der Waals surface area contributed by atoms with E-state index in [0.717, 1.165) is 47.3 Å². The van der Waals surface area contributed by atoms with E-state index in [4.69, 9.17) is 9.72 Å². The van der Waals surface area contributed by atoms with Crippen molar-refractivity contribution in [3.8, 4) is 27.8 Å². The second-order valence-electron chi connectivity index (χ2n) is 7.12. The van der Waals surface area contributed by atoms with Crippen LogP contribution in [0.15, 0.2) is 24.5 Å². The van der Waals surface area contributed by atoms with Crippen LogP contribution in [0.3, 0.4) is 0 Å². The smallest absolute Gasteiger partial charge is 0.187 e. The summed E-state index contributed by atoms with van der Waals surface area (Å²) < 4.78 is 7.99. The van der Waals surface area contributed by atoms with Crippen molar-refractivity contribution in [1.29, 1.82) is 0 Å². The average Bonchev–Trinajstić information content (AvgIpc) is 3.17. The Morgan fingerprint density at radius 1 is 1.30 bits per heavy atom. The summed E-state index contributed by atoms with van der Waals surface area (Å²) in [4.78, 5) is 10.7. The number of nitrogens with zero attached hydrogens (tertiary/aromatic N) is 4. The molecule has 3 aromatic rings. The Kier molecular flexibility index (Phi) is 4.92. The second kappa shape index (κ2) is 7.22. The molecule has 0 aliphatic carbocycles. The number of hydrogen-bond acceptors (Lipinski definition) is 6. The zero-order valence-corrected chi connectivity index (χ0v) is 16.9. The van der Waals surface area contributed by atoms with E-state index in [1.165, 1.54) is 10.4 Å². The van der Waals surface area contributed by atoms with Crippen LogP contribution in [0.25, 0.3) is 22.1 Å². The molecule has 0 bridgehead atoms. The minimum atomic E-state index is 0. The molecule has 1 saturated heterocycles. The normalized spacial score (nSPS) is 16.0. The maximum atomic E-state index is 6.05. The van der Waals surface area contributed by atoms with Crippen molar-refractivity contribution in [2.45, 2.75) is 32.2 Å². The summed E-state index contributed by atoms with van der Waals surface area (Å²) in [6.45, 7) is 7.00. The van der Waals surface area contributed by atoms with Gasteiger partial charge in [-0.25, -0.2) is 14.6 Å². The first-order valence-electron chi connectivity index (χ1n) is 9.08. The number of aromatic nitrogens is 4. The predicted octanol–water partition coefficient (Wildman–Crippen LogP) is 3.69. The summed E-state index contributed by atoms with van der Waals surface area (Å²) in [5, 5.41) is 8.62. The summed E-state index contributed by atoms with van der Waals surface area (Å²) in [5.41, 5.74) is 3.47. The highest BCUT2D eigenvalue weighted by atomic mass is 35.5. The summed E-state index contributed by atoms with van der Waals surface area (Å²) in [6, 6.07) is 6.85. The molecule has 0 atom stereocenters. The topological polar surface area (TPSA) is 64.9 Å². The lowest BCUT2D eigenvalue weighted by molar-refractivity contribution is 0.326. The predicted molar refractivity (Wildman–Crippen MR) is 109 cm³/mol. The molecule has 0 unspecified atom stereocenters. The highest BCUT2D eigenvalue weighted by Crippen LogP contribution is 2.41. The molecule has 0 saturated carbocycles. The van der Waals surface area contributed by atoms with E-state index in [-0.39, 0.29) is 18.4 Å². The van der Waals surface area contributed by atoms with Crippen molar-refractivity contribution in [1.82, 2.24) is 25.1 Å². The molecule has 0 amide bonds. The van der Waals surface area contributed by atoms with E-state index in [1.54, 1.807) is 17.7 Å². The van der Waals surface area contributed by atoms with E-state index < -0.39 is 0 Å². The van der Waals surface area contributed by atoms with Crippen molar-refractivity contribution in [2.24, 2.45) is 0 Å². The number of ether oxygens (including phenoxy) is 1. The fraction of sp³-hybridized carbons (Fsp3) is 0.421. The minimum Gasteiger partial charge on any atom is -0.492 e. The maximum absolute atomic E-state index is 6.05. The van der Waals surface area contributed by atoms with Crippen molar-refractivity contribution in [3.05, 3.63) is 35.0 Å². The van der Waals surface area contributed by atoms with E-state index in [1.807, 2.05) is 4.68 Å².